The summed E-state index contributed by atoms with van der Waals surface area (Å²) in [6.45, 7) is 2.49. The van der Waals surface area contributed by atoms with E-state index in [1.165, 1.54) is 0 Å². The van der Waals surface area contributed by atoms with E-state index in [9.17, 15) is 4.39 Å². The Labute approximate surface area is 90.9 Å². The van der Waals surface area contributed by atoms with Gasteiger partial charge in [-0.1, -0.05) is 12.1 Å². The standard InChI is InChI=1S/C10H9FOS2/c1-2-12-7-5-3-4-6-8(13)10(11)14-9(6)7/h3-5,13H,2H2,1H3. The Hall–Kier alpha value is -0.740. The van der Waals surface area contributed by atoms with Crippen molar-refractivity contribution in [1.82, 2.24) is 0 Å². The van der Waals surface area contributed by atoms with Crippen molar-refractivity contribution in [2.45, 2.75) is 11.8 Å². The molecule has 14 heavy (non-hydrogen) atoms. The first kappa shape index (κ1) is 9.80. The summed E-state index contributed by atoms with van der Waals surface area (Å²) in [7, 11) is 0. The van der Waals surface area contributed by atoms with Crippen LogP contribution < -0.4 is 4.74 Å². The molecule has 0 saturated heterocycles. The van der Waals surface area contributed by atoms with Crippen molar-refractivity contribution in [3.8, 4) is 5.75 Å². The van der Waals surface area contributed by atoms with Crippen LogP contribution in [0.15, 0.2) is 23.1 Å². The van der Waals surface area contributed by atoms with Gasteiger partial charge in [0.05, 0.1) is 16.2 Å². The molecule has 1 aromatic heterocycles. The molecule has 0 bridgehead atoms. The number of halogens is 1. The number of rotatable bonds is 2. The van der Waals surface area contributed by atoms with Gasteiger partial charge in [-0.2, -0.15) is 4.39 Å². The molecule has 0 radical (unpaired) electrons. The minimum atomic E-state index is -0.254. The summed E-state index contributed by atoms with van der Waals surface area (Å²) in [4.78, 5) is 0.409. The van der Waals surface area contributed by atoms with Crippen LogP contribution in [0.2, 0.25) is 0 Å². The van der Waals surface area contributed by atoms with E-state index < -0.39 is 0 Å². The largest absolute Gasteiger partial charge is 0.492 e. The lowest BCUT2D eigenvalue weighted by molar-refractivity contribution is 0.345. The topological polar surface area (TPSA) is 9.23 Å². The second kappa shape index (κ2) is 3.79. The predicted octanol–water partition coefficient (Wildman–Crippen LogP) is 3.73. The molecular weight excluding hydrogens is 219 g/mol. The van der Waals surface area contributed by atoms with Crippen LogP contribution in [0.1, 0.15) is 6.92 Å². The summed E-state index contributed by atoms with van der Waals surface area (Å²) >= 11 is 5.19. The molecule has 0 unspecified atom stereocenters. The quantitative estimate of drug-likeness (QED) is 0.771. The molecule has 74 valence electrons. The number of ether oxygens (including phenoxy) is 1. The third kappa shape index (κ3) is 1.48. The number of hydrogen-bond acceptors (Lipinski definition) is 3. The van der Waals surface area contributed by atoms with Crippen LogP contribution in [-0.4, -0.2) is 6.61 Å². The summed E-state index contributed by atoms with van der Waals surface area (Å²) in [6.07, 6.45) is 0. The van der Waals surface area contributed by atoms with Crippen molar-refractivity contribution in [2.75, 3.05) is 6.61 Å². The van der Waals surface area contributed by atoms with E-state index in [1.54, 1.807) is 0 Å². The number of benzene rings is 1. The van der Waals surface area contributed by atoms with Crippen LogP contribution >= 0.6 is 24.0 Å². The Morgan fingerprint density at radius 1 is 1.50 bits per heavy atom. The lowest BCUT2D eigenvalue weighted by Crippen LogP contribution is -1.90. The summed E-state index contributed by atoms with van der Waals surface area (Å²) in [5.41, 5.74) is 0. The molecule has 0 aliphatic carbocycles. The molecule has 0 amide bonds. The molecule has 0 N–H and O–H groups in total. The fourth-order valence-corrected chi connectivity index (χ4v) is 2.61. The van der Waals surface area contributed by atoms with Crippen molar-refractivity contribution >= 4 is 34.1 Å². The maximum atomic E-state index is 13.2. The van der Waals surface area contributed by atoms with Crippen LogP contribution in [0.3, 0.4) is 0 Å². The van der Waals surface area contributed by atoms with Crippen molar-refractivity contribution in [3.63, 3.8) is 0 Å². The zero-order valence-electron chi connectivity index (χ0n) is 7.58. The maximum absolute atomic E-state index is 13.2. The summed E-state index contributed by atoms with van der Waals surface area (Å²) < 4.78 is 19.5. The van der Waals surface area contributed by atoms with Gasteiger partial charge in [-0.05, 0) is 13.0 Å². The smallest absolute Gasteiger partial charge is 0.191 e. The predicted molar refractivity (Wildman–Crippen MR) is 60.2 cm³/mol. The van der Waals surface area contributed by atoms with Gasteiger partial charge in [0.15, 0.2) is 5.13 Å². The van der Waals surface area contributed by atoms with Gasteiger partial charge < -0.3 is 4.74 Å². The lowest BCUT2D eigenvalue weighted by Gasteiger charge is -2.02. The average molecular weight is 228 g/mol. The van der Waals surface area contributed by atoms with Gasteiger partial charge in [0, 0.05) is 5.39 Å². The van der Waals surface area contributed by atoms with Crippen molar-refractivity contribution in [2.24, 2.45) is 0 Å². The molecule has 0 saturated carbocycles. The van der Waals surface area contributed by atoms with Gasteiger partial charge in [0.1, 0.15) is 5.75 Å². The molecule has 4 heteroatoms. The second-order valence-corrected chi connectivity index (χ2v) is 4.21. The molecule has 0 spiro atoms. The van der Waals surface area contributed by atoms with Crippen LogP contribution in [-0.2, 0) is 0 Å². The van der Waals surface area contributed by atoms with E-state index in [0.29, 0.717) is 11.5 Å². The van der Waals surface area contributed by atoms with Crippen molar-refractivity contribution < 1.29 is 9.13 Å². The Bertz CT molecular complexity index is 464. The highest BCUT2D eigenvalue weighted by molar-refractivity contribution is 7.80. The summed E-state index contributed by atoms with van der Waals surface area (Å²) in [5, 5.41) is 0.567. The SMILES string of the molecule is CCOc1cccc2c(S)c(F)sc12. The molecule has 1 nitrogen and oxygen atoms in total. The Kier molecular flexibility index (Phi) is 2.65. The fraction of sp³-hybridized carbons (Fsp3) is 0.200. The second-order valence-electron chi connectivity index (χ2n) is 2.79. The molecule has 2 rings (SSSR count). The Morgan fingerprint density at radius 3 is 3.00 bits per heavy atom. The third-order valence-corrected chi connectivity index (χ3v) is 3.51. The van der Waals surface area contributed by atoms with Gasteiger partial charge in [0.25, 0.3) is 0 Å². The summed E-state index contributed by atoms with van der Waals surface area (Å²) in [5.74, 6) is 0.731. The molecule has 1 aromatic carbocycles. The molecular formula is C10H9FOS2. The highest BCUT2D eigenvalue weighted by atomic mass is 32.1. The first-order valence-corrected chi connectivity index (χ1v) is 5.53. The summed E-state index contributed by atoms with van der Waals surface area (Å²) in [6, 6.07) is 5.54. The van der Waals surface area contributed by atoms with Crippen LogP contribution in [0.4, 0.5) is 4.39 Å². The monoisotopic (exact) mass is 228 g/mol. The highest BCUT2D eigenvalue weighted by Crippen LogP contribution is 2.38. The molecule has 0 aliphatic heterocycles. The zero-order valence-corrected chi connectivity index (χ0v) is 9.29. The highest BCUT2D eigenvalue weighted by Gasteiger charge is 2.11. The minimum absolute atomic E-state index is 0.254. The molecule has 0 atom stereocenters. The fourth-order valence-electron chi connectivity index (χ4n) is 1.32. The van der Waals surface area contributed by atoms with Gasteiger partial charge in [-0.25, -0.2) is 0 Å². The van der Waals surface area contributed by atoms with Gasteiger partial charge in [-0.3, -0.25) is 0 Å². The third-order valence-electron chi connectivity index (χ3n) is 1.91. The minimum Gasteiger partial charge on any atom is -0.492 e. The zero-order chi connectivity index (χ0) is 10.1. The molecule has 2 aromatic rings. The number of hydrogen-bond donors (Lipinski definition) is 1. The first-order valence-electron chi connectivity index (χ1n) is 4.26. The van der Waals surface area contributed by atoms with Gasteiger partial charge >= 0.3 is 0 Å². The average Bonchev–Trinajstić information content (AvgIpc) is 2.46. The lowest BCUT2D eigenvalue weighted by atomic mass is 10.2. The van der Waals surface area contributed by atoms with Crippen LogP contribution in [0, 0.1) is 5.13 Å². The molecule has 0 fully saturated rings. The van der Waals surface area contributed by atoms with E-state index in [-0.39, 0.29) is 5.13 Å². The number of fused-ring (bicyclic) bond motifs is 1. The van der Waals surface area contributed by atoms with E-state index in [1.807, 2.05) is 25.1 Å². The van der Waals surface area contributed by atoms with E-state index in [2.05, 4.69) is 12.6 Å². The van der Waals surface area contributed by atoms with Crippen molar-refractivity contribution in [1.29, 1.82) is 0 Å². The van der Waals surface area contributed by atoms with Crippen molar-refractivity contribution in [3.05, 3.63) is 23.3 Å². The van der Waals surface area contributed by atoms with E-state index in [4.69, 9.17) is 4.74 Å². The van der Waals surface area contributed by atoms with Gasteiger partial charge in [-0.15, -0.1) is 24.0 Å². The Morgan fingerprint density at radius 2 is 2.29 bits per heavy atom. The molecule has 1 heterocycles. The van der Waals surface area contributed by atoms with Crippen LogP contribution in [0.5, 0.6) is 5.75 Å². The van der Waals surface area contributed by atoms with E-state index in [0.717, 1.165) is 27.2 Å². The number of thiophene rings is 1. The van der Waals surface area contributed by atoms with Crippen LogP contribution in [0.25, 0.3) is 10.1 Å². The first-order chi connectivity index (χ1) is 6.74. The normalized spacial score (nSPS) is 10.8. The van der Waals surface area contributed by atoms with E-state index >= 15 is 0 Å². The maximum Gasteiger partial charge on any atom is 0.191 e. The van der Waals surface area contributed by atoms with Gasteiger partial charge in [0.2, 0.25) is 0 Å². The Balaban J connectivity index is 2.68. The molecule has 0 aliphatic rings. The number of thiol groups is 1.